The van der Waals surface area contributed by atoms with Gasteiger partial charge in [-0.1, -0.05) is 52.7 Å². The van der Waals surface area contributed by atoms with E-state index in [0.29, 0.717) is 28.9 Å². The predicted molar refractivity (Wildman–Crippen MR) is 151 cm³/mol. The van der Waals surface area contributed by atoms with Crippen LogP contribution in [0.3, 0.4) is 0 Å². The molecule has 3 fully saturated rings. The Kier molecular flexibility index (Phi) is 7.81. The molecule has 0 heterocycles. The molecule has 2 unspecified atom stereocenters. The zero-order valence-corrected chi connectivity index (χ0v) is 23.8. The smallest absolute Gasteiger partial charge is 0.335 e. The second kappa shape index (κ2) is 10.8. The number of rotatable bonds is 9. The van der Waals surface area contributed by atoms with Crippen molar-refractivity contribution in [2.45, 2.75) is 98.3 Å². The molecule has 204 valence electrons. The molecule has 0 saturated heterocycles. The Balaban J connectivity index is 1.10. The Labute approximate surface area is 225 Å². The summed E-state index contributed by atoms with van der Waals surface area (Å²) in [4.78, 5) is 11.0. The van der Waals surface area contributed by atoms with Gasteiger partial charge in [-0.15, -0.1) is 0 Å². The van der Waals surface area contributed by atoms with E-state index in [-0.39, 0.29) is 0 Å². The van der Waals surface area contributed by atoms with Crippen molar-refractivity contribution in [2.75, 3.05) is 6.61 Å². The summed E-state index contributed by atoms with van der Waals surface area (Å²) in [6.07, 6.45) is 20.4. The first-order chi connectivity index (χ1) is 17.7. The third-order valence-electron chi connectivity index (χ3n) is 11.9. The topological polar surface area (TPSA) is 46.5 Å². The van der Waals surface area contributed by atoms with E-state index in [1.807, 2.05) is 0 Å². The van der Waals surface area contributed by atoms with Gasteiger partial charge in [0.1, 0.15) is 5.75 Å². The summed E-state index contributed by atoms with van der Waals surface area (Å²) in [5.74, 6) is 5.83. The van der Waals surface area contributed by atoms with Crippen LogP contribution in [0.15, 0.2) is 36.4 Å². The Morgan fingerprint density at radius 2 is 1.73 bits per heavy atom. The number of carboxylic acids is 1. The molecule has 4 aliphatic carbocycles. The van der Waals surface area contributed by atoms with E-state index in [2.05, 4.69) is 39.8 Å². The first-order valence-electron chi connectivity index (χ1n) is 15.3. The fourth-order valence-corrected chi connectivity index (χ4v) is 9.81. The summed E-state index contributed by atoms with van der Waals surface area (Å²) < 4.78 is 5.95. The van der Waals surface area contributed by atoms with E-state index < -0.39 is 5.97 Å². The van der Waals surface area contributed by atoms with Crippen LogP contribution in [0, 0.1) is 52.3 Å². The van der Waals surface area contributed by atoms with Crippen LogP contribution in [-0.2, 0) is 0 Å². The monoisotopic (exact) mass is 506 g/mol. The molecule has 1 aromatic rings. The highest BCUT2D eigenvalue weighted by atomic mass is 16.5. The number of fused-ring (bicyclic) bond motifs is 5. The lowest BCUT2D eigenvalue weighted by molar-refractivity contribution is -0.0955. The number of aromatic carboxylic acids is 1. The molecule has 0 aromatic heterocycles. The molecule has 37 heavy (non-hydrogen) atoms. The number of carbonyl (C=O) groups is 1. The first kappa shape index (κ1) is 26.8. The SMILES string of the molecule is CC(CCC[C@@H](C)[C@H]1CC[C@H]2[C@@H]3CCC4C=CCC[C@]4(C)[C@H]3CC[C@]12C)COc1ccc(C(=O)O)cc1. The number of carboxylic acid groups (broad SMARTS) is 1. The quantitative estimate of drug-likeness (QED) is 0.340. The van der Waals surface area contributed by atoms with Gasteiger partial charge in [0.05, 0.1) is 12.2 Å². The number of hydrogen-bond acceptors (Lipinski definition) is 2. The third kappa shape index (κ3) is 5.13. The molecule has 4 aliphatic rings. The number of allylic oxidation sites excluding steroid dienone is 2. The molecule has 1 aromatic carbocycles. The molecule has 3 nitrogen and oxygen atoms in total. The van der Waals surface area contributed by atoms with E-state index in [1.165, 1.54) is 70.6 Å². The van der Waals surface area contributed by atoms with Gasteiger partial charge in [0, 0.05) is 0 Å². The van der Waals surface area contributed by atoms with Gasteiger partial charge >= 0.3 is 5.97 Å². The van der Waals surface area contributed by atoms with Crippen LogP contribution in [0.2, 0.25) is 0 Å². The predicted octanol–water partition coefficient (Wildman–Crippen LogP) is 9.03. The third-order valence-corrected chi connectivity index (χ3v) is 11.9. The Morgan fingerprint density at radius 1 is 0.973 bits per heavy atom. The lowest BCUT2D eigenvalue weighted by Crippen LogP contribution is -2.52. The second-order valence-corrected chi connectivity index (χ2v) is 13.9. The first-order valence-corrected chi connectivity index (χ1v) is 15.3. The minimum Gasteiger partial charge on any atom is -0.493 e. The van der Waals surface area contributed by atoms with Crippen LogP contribution in [-0.4, -0.2) is 17.7 Å². The summed E-state index contributed by atoms with van der Waals surface area (Å²) in [5.41, 5.74) is 1.43. The van der Waals surface area contributed by atoms with Gasteiger partial charge in [-0.05, 0) is 134 Å². The van der Waals surface area contributed by atoms with Gasteiger partial charge in [0.15, 0.2) is 0 Å². The second-order valence-electron chi connectivity index (χ2n) is 13.9. The molecule has 9 atom stereocenters. The standard InChI is InChI=1S/C34H50O3/c1-23(22-37-27-14-11-25(12-15-27)32(35)36)8-7-9-24(2)29-17-18-30-28-16-13-26-10-5-6-20-33(26,3)31(28)19-21-34(29,30)4/h5,10-12,14-15,23-24,26,28-31H,6-9,13,16-22H2,1-4H3,(H,35,36)/t23?,24-,26?,28+,29-,30+,31+,33+,34-/m1/s1. The lowest BCUT2D eigenvalue weighted by atomic mass is 9.45. The summed E-state index contributed by atoms with van der Waals surface area (Å²) >= 11 is 0. The van der Waals surface area contributed by atoms with Crippen molar-refractivity contribution in [3.8, 4) is 5.75 Å². The van der Waals surface area contributed by atoms with Crippen LogP contribution in [0.4, 0.5) is 0 Å². The van der Waals surface area contributed by atoms with Gasteiger partial charge < -0.3 is 9.84 Å². The molecular formula is C34H50O3. The molecule has 0 amide bonds. The van der Waals surface area contributed by atoms with Gasteiger partial charge in [0.2, 0.25) is 0 Å². The molecule has 0 bridgehead atoms. The Morgan fingerprint density at radius 3 is 2.49 bits per heavy atom. The van der Waals surface area contributed by atoms with E-state index in [0.717, 1.165) is 41.3 Å². The van der Waals surface area contributed by atoms with Crippen LogP contribution in [0.25, 0.3) is 0 Å². The van der Waals surface area contributed by atoms with E-state index in [1.54, 1.807) is 24.3 Å². The fraction of sp³-hybridized carbons (Fsp3) is 0.735. The average Bonchev–Trinajstić information content (AvgIpc) is 3.24. The van der Waals surface area contributed by atoms with Crippen molar-refractivity contribution in [3.05, 3.63) is 42.0 Å². The van der Waals surface area contributed by atoms with Crippen molar-refractivity contribution < 1.29 is 14.6 Å². The van der Waals surface area contributed by atoms with E-state index in [9.17, 15) is 4.79 Å². The van der Waals surface area contributed by atoms with Crippen LogP contribution in [0.5, 0.6) is 5.75 Å². The zero-order valence-electron chi connectivity index (χ0n) is 23.8. The van der Waals surface area contributed by atoms with E-state index in [4.69, 9.17) is 9.84 Å². The van der Waals surface area contributed by atoms with Crippen molar-refractivity contribution in [3.63, 3.8) is 0 Å². The molecule has 0 radical (unpaired) electrons. The van der Waals surface area contributed by atoms with E-state index >= 15 is 0 Å². The van der Waals surface area contributed by atoms with Gasteiger partial charge in [-0.25, -0.2) is 4.79 Å². The van der Waals surface area contributed by atoms with Crippen molar-refractivity contribution in [1.82, 2.24) is 0 Å². The minimum absolute atomic E-state index is 0.304. The van der Waals surface area contributed by atoms with Crippen LogP contribution in [0.1, 0.15) is 109 Å². The molecule has 5 rings (SSSR count). The van der Waals surface area contributed by atoms with Gasteiger partial charge in [0.25, 0.3) is 0 Å². The largest absolute Gasteiger partial charge is 0.493 e. The zero-order chi connectivity index (χ0) is 26.2. The molecule has 3 heteroatoms. The normalized spacial score (nSPS) is 38.2. The van der Waals surface area contributed by atoms with Crippen LogP contribution < -0.4 is 4.74 Å². The molecular weight excluding hydrogens is 456 g/mol. The van der Waals surface area contributed by atoms with Gasteiger partial charge in [-0.2, -0.15) is 0 Å². The summed E-state index contributed by atoms with van der Waals surface area (Å²) in [6.45, 7) is 10.9. The molecule has 3 saturated carbocycles. The molecule has 0 aliphatic heterocycles. The maximum atomic E-state index is 11.0. The maximum Gasteiger partial charge on any atom is 0.335 e. The summed E-state index contributed by atoms with van der Waals surface area (Å²) in [6, 6.07) is 6.76. The highest BCUT2D eigenvalue weighted by molar-refractivity contribution is 5.87. The van der Waals surface area contributed by atoms with Crippen molar-refractivity contribution in [1.29, 1.82) is 0 Å². The number of ether oxygens (including phenoxy) is 1. The Bertz CT molecular complexity index is 966. The highest BCUT2D eigenvalue weighted by Gasteiger charge is 2.59. The van der Waals surface area contributed by atoms with Crippen molar-refractivity contribution >= 4 is 5.97 Å². The summed E-state index contributed by atoms with van der Waals surface area (Å²) in [7, 11) is 0. The van der Waals surface area contributed by atoms with Crippen LogP contribution >= 0.6 is 0 Å². The van der Waals surface area contributed by atoms with Gasteiger partial charge in [-0.3, -0.25) is 0 Å². The summed E-state index contributed by atoms with van der Waals surface area (Å²) in [5, 5.41) is 9.05. The lowest BCUT2D eigenvalue weighted by Gasteiger charge is -2.60. The fourth-order valence-electron chi connectivity index (χ4n) is 9.81. The Hall–Kier alpha value is -1.77. The minimum atomic E-state index is -0.896. The molecule has 1 N–H and O–H groups in total. The number of hydrogen-bond donors (Lipinski definition) is 1. The average molecular weight is 507 g/mol. The maximum absolute atomic E-state index is 11.0. The molecule has 0 spiro atoms. The van der Waals surface area contributed by atoms with Crippen molar-refractivity contribution in [2.24, 2.45) is 52.3 Å². The highest BCUT2D eigenvalue weighted by Crippen LogP contribution is 2.67. The number of benzene rings is 1.